The lowest BCUT2D eigenvalue weighted by atomic mass is 10.1. The summed E-state index contributed by atoms with van der Waals surface area (Å²) in [5.41, 5.74) is 0.580. The van der Waals surface area contributed by atoms with Gasteiger partial charge in [-0.15, -0.1) is 0 Å². The van der Waals surface area contributed by atoms with E-state index in [1.165, 1.54) is 25.3 Å². The van der Waals surface area contributed by atoms with Gasteiger partial charge in [-0.2, -0.15) is 0 Å². The van der Waals surface area contributed by atoms with Crippen LogP contribution < -0.4 is 10.1 Å². The van der Waals surface area contributed by atoms with Crippen molar-refractivity contribution in [3.8, 4) is 5.75 Å². The Kier molecular flexibility index (Phi) is 6.13. The zero-order valence-corrected chi connectivity index (χ0v) is 14.7. The zero-order valence-electron chi connectivity index (χ0n) is 13.9. The van der Waals surface area contributed by atoms with Crippen molar-refractivity contribution in [2.45, 2.75) is 6.92 Å². The number of hydrogen-bond donors (Lipinski definition) is 1. The lowest BCUT2D eigenvalue weighted by Gasteiger charge is -2.10. The van der Waals surface area contributed by atoms with Crippen LogP contribution in [0.3, 0.4) is 0 Å². The number of rotatable bonds is 6. The second kappa shape index (κ2) is 8.30. The second-order valence-corrected chi connectivity index (χ2v) is 5.68. The molecule has 0 aliphatic heterocycles. The van der Waals surface area contributed by atoms with Crippen LogP contribution in [0.1, 0.15) is 15.9 Å². The molecule has 0 saturated heterocycles. The third kappa shape index (κ3) is 4.70. The van der Waals surface area contributed by atoms with Gasteiger partial charge >= 0.3 is 5.97 Å². The number of anilines is 1. The monoisotopic (exact) mass is 378 g/mol. The molecule has 2 aromatic carbocycles. The Hall–Kier alpha value is -3.13. The van der Waals surface area contributed by atoms with E-state index in [1.54, 1.807) is 25.1 Å². The fourth-order valence-electron chi connectivity index (χ4n) is 2.14. The number of nitrogens with one attached hydrogen (secondary N) is 1. The van der Waals surface area contributed by atoms with Gasteiger partial charge in [-0.1, -0.05) is 23.2 Å². The molecule has 0 heterocycles. The highest BCUT2D eigenvalue weighted by atomic mass is 35.5. The van der Waals surface area contributed by atoms with Crippen molar-refractivity contribution < 1.29 is 24.0 Å². The van der Waals surface area contributed by atoms with Gasteiger partial charge in [-0.05, 0) is 31.2 Å². The fraction of sp³-hybridized carbons (Fsp3) is 0.176. The van der Waals surface area contributed by atoms with Gasteiger partial charge in [0, 0.05) is 11.1 Å². The molecule has 0 saturated carbocycles. The summed E-state index contributed by atoms with van der Waals surface area (Å²) in [5, 5.41) is 13.5. The second-order valence-electron chi connectivity index (χ2n) is 5.25. The molecule has 0 unspecified atom stereocenters. The van der Waals surface area contributed by atoms with Gasteiger partial charge in [0.2, 0.25) is 0 Å². The largest absolute Gasteiger partial charge is 0.496 e. The van der Waals surface area contributed by atoms with E-state index < -0.39 is 23.4 Å². The number of nitro groups is 1. The van der Waals surface area contributed by atoms with Crippen molar-refractivity contribution in [2.75, 3.05) is 19.0 Å². The molecule has 8 nitrogen and oxygen atoms in total. The van der Waals surface area contributed by atoms with Gasteiger partial charge in [-0.25, -0.2) is 4.79 Å². The van der Waals surface area contributed by atoms with Crippen LogP contribution in [-0.4, -0.2) is 30.5 Å². The van der Waals surface area contributed by atoms with Crippen LogP contribution in [0, 0.1) is 17.0 Å². The predicted molar refractivity (Wildman–Crippen MR) is 94.7 cm³/mol. The van der Waals surface area contributed by atoms with E-state index in [0.29, 0.717) is 5.75 Å². The SMILES string of the molecule is COc1ccc(C)cc1C(=O)OCC(=O)Nc1cc(Cl)ccc1[N+](=O)[O-]. The number of nitrogens with zero attached hydrogens (tertiary/aromatic N) is 1. The average Bonchev–Trinajstić information content (AvgIpc) is 2.59. The van der Waals surface area contributed by atoms with Crippen LogP contribution in [0.4, 0.5) is 11.4 Å². The molecule has 1 N–H and O–H groups in total. The topological polar surface area (TPSA) is 108 Å². The van der Waals surface area contributed by atoms with Crippen molar-refractivity contribution in [1.29, 1.82) is 0 Å². The zero-order chi connectivity index (χ0) is 19.3. The minimum absolute atomic E-state index is 0.0864. The summed E-state index contributed by atoms with van der Waals surface area (Å²) in [7, 11) is 1.41. The summed E-state index contributed by atoms with van der Waals surface area (Å²) in [6.45, 7) is 1.17. The normalized spacial score (nSPS) is 10.1. The highest BCUT2D eigenvalue weighted by molar-refractivity contribution is 6.31. The van der Waals surface area contributed by atoms with Crippen molar-refractivity contribution in [3.05, 3.63) is 62.7 Å². The molecule has 1 amide bonds. The van der Waals surface area contributed by atoms with Gasteiger partial charge in [0.25, 0.3) is 11.6 Å². The molecular weight excluding hydrogens is 364 g/mol. The van der Waals surface area contributed by atoms with Gasteiger partial charge in [0.15, 0.2) is 6.61 Å². The molecule has 9 heteroatoms. The molecule has 0 spiro atoms. The maximum atomic E-state index is 12.2. The lowest BCUT2D eigenvalue weighted by Crippen LogP contribution is -2.21. The molecule has 0 bridgehead atoms. The molecule has 0 fully saturated rings. The Balaban J connectivity index is 2.06. The number of nitro benzene ring substituents is 1. The van der Waals surface area contributed by atoms with Crippen LogP contribution in [0.15, 0.2) is 36.4 Å². The smallest absolute Gasteiger partial charge is 0.342 e. The van der Waals surface area contributed by atoms with Crippen molar-refractivity contribution in [2.24, 2.45) is 0 Å². The lowest BCUT2D eigenvalue weighted by molar-refractivity contribution is -0.383. The van der Waals surface area contributed by atoms with Crippen LogP contribution in [-0.2, 0) is 9.53 Å². The number of carbonyl (C=O) groups excluding carboxylic acids is 2. The number of methoxy groups -OCH3 is 1. The Morgan fingerprint density at radius 2 is 1.96 bits per heavy atom. The van der Waals surface area contributed by atoms with E-state index >= 15 is 0 Å². The van der Waals surface area contributed by atoms with Crippen LogP contribution in [0.25, 0.3) is 0 Å². The molecule has 2 aromatic rings. The third-order valence-corrected chi connectivity index (χ3v) is 3.57. The molecule has 26 heavy (non-hydrogen) atoms. The molecule has 136 valence electrons. The van der Waals surface area contributed by atoms with Crippen LogP contribution in [0.2, 0.25) is 5.02 Å². The number of ether oxygens (including phenoxy) is 2. The first kappa shape index (κ1) is 19.2. The first-order chi connectivity index (χ1) is 12.3. The van der Waals surface area contributed by atoms with Gasteiger partial charge in [0.1, 0.15) is 17.0 Å². The van der Waals surface area contributed by atoms with E-state index in [-0.39, 0.29) is 22.0 Å². The van der Waals surface area contributed by atoms with Gasteiger partial charge in [0.05, 0.1) is 12.0 Å². The number of halogens is 1. The standard InChI is InChI=1S/C17H15ClN2O6/c1-10-3-6-15(25-2)12(7-10)17(22)26-9-16(21)19-13-8-11(18)4-5-14(13)20(23)24/h3-8H,9H2,1-2H3,(H,19,21). The molecule has 2 rings (SSSR count). The third-order valence-electron chi connectivity index (χ3n) is 3.34. The van der Waals surface area contributed by atoms with E-state index in [2.05, 4.69) is 5.32 Å². The average molecular weight is 379 g/mol. The molecule has 0 aliphatic rings. The summed E-state index contributed by atoms with van der Waals surface area (Å²) in [6.07, 6.45) is 0. The molecular formula is C17H15ClN2O6. The van der Waals surface area contributed by atoms with Gasteiger partial charge in [-0.3, -0.25) is 14.9 Å². The number of benzene rings is 2. The summed E-state index contributed by atoms with van der Waals surface area (Å²) in [5.74, 6) is -1.18. The Morgan fingerprint density at radius 3 is 2.62 bits per heavy atom. The Morgan fingerprint density at radius 1 is 1.23 bits per heavy atom. The maximum Gasteiger partial charge on any atom is 0.342 e. The van der Waals surface area contributed by atoms with Gasteiger partial charge < -0.3 is 14.8 Å². The summed E-state index contributed by atoms with van der Waals surface area (Å²) in [4.78, 5) is 34.4. The number of aryl methyl sites for hydroxylation is 1. The first-order valence-corrected chi connectivity index (χ1v) is 7.75. The van der Waals surface area contributed by atoms with Crippen LogP contribution >= 0.6 is 11.6 Å². The number of carbonyl (C=O) groups is 2. The summed E-state index contributed by atoms with van der Waals surface area (Å²) >= 11 is 5.79. The highest BCUT2D eigenvalue weighted by Gasteiger charge is 2.19. The Labute approximate surface area is 153 Å². The maximum absolute atomic E-state index is 12.2. The molecule has 0 aliphatic carbocycles. The number of amides is 1. The fourth-order valence-corrected chi connectivity index (χ4v) is 2.32. The number of esters is 1. The van der Waals surface area contributed by atoms with E-state index in [1.807, 2.05) is 0 Å². The summed E-state index contributed by atoms with van der Waals surface area (Å²) in [6, 6.07) is 8.69. The van der Waals surface area contributed by atoms with Crippen molar-refractivity contribution >= 4 is 34.9 Å². The van der Waals surface area contributed by atoms with E-state index in [9.17, 15) is 19.7 Å². The highest BCUT2D eigenvalue weighted by Crippen LogP contribution is 2.27. The first-order valence-electron chi connectivity index (χ1n) is 7.37. The quantitative estimate of drug-likeness (QED) is 0.469. The molecule has 0 aromatic heterocycles. The minimum atomic E-state index is -0.749. The van der Waals surface area contributed by atoms with E-state index in [0.717, 1.165) is 5.56 Å². The predicted octanol–water partition coefficient (Wildman–Crippen LogP) is 3.36. The van der Waals surface area contributed by atoms with Crippen molar-refractivity contribution in [3.63, 3.8) is 0 Å². The summed E-state index contributed by atoms with van der Waals surface area (Å²) < 4.78 is 10.0. The number of hydrogen-bond acceptors (Lipinski definition) is 6. The Bertz CT molecular complexity index is 868. The van der Waals surface area contributed by atoms with Crippen LogP contribution in [0.5, 0.6) is 5.75 Å². The van der Waals surface area contributed by atoms with E-state index in [4.69, 9.17) is 21.1 Å². The minimum Gasteiger partial charge on any atom is -0.496 e. The van der Waals surface area contributed by atoms with Crippen molar-refractivity contribution in [1.82, 2.24) is 0 Å². The molecule has 0 radical (unpaired) electrons. The molecule has 0 atom stereocenters.